The number of hydrogen-bond acceptors (Lipinski definition) is 1. The zero-order chi connectivity index (χ0) is 40.3. The van der Waals surface area contributed by atoms with E-state index >= 15 is 0 Å². The molecule has 0 amide bonds. The maximum Gasteiger partial charge on any atom is 0.0540 e. The van der Waals surface area contributed by atoms with Crippen LogP contribution in [0, 0.1) is 0 Å². The molecular formula is C60H39N. The Labute approximate surface area is 355 Å². The summed E-state index contributed by atoms with van der Waals surface area (Å²) in [6.45, 7) is 0. The second-order valence-electron chi connectivity index (χ2n) is 16.0. The molecule has 0 spiro atoms. The molecule has 12 rings (SSSR count). The first-order chi connectivity index (χ1) is 30.3. The third-order valence-electron chi connectivity index (χ3n) is 12.6. The molecule has 0 unspecified atom stereocenters. The van der Waals surface area contributed by atoms with Crippen LogP contribution in [0.4, 0.5) is 17.1 Å². The summed E-state index contributed by atoms with van der Waals surface area (Å²) in [6.07, 6.45) is 0. The van der Waals surface area contributed by atoms with Crippen molar-refractivity contribution in [3.05, 3.63) is 237 Å². The largest absolute Gasteiger partial charge is 0.310 e. The number of fused-ring (bicyclic) bond motifs is 9. The molecule has 0 radical (unpaired) electrons. The van der Waals surface area contributed by atoms with Crippen LogP contribution in [0.2, 0.25) is 0 Å². The first-order valence-electron chi connectivity index (χ1n) is 21.1. The van der Waals surface area contributed by atoms with Crippen LogP contribution in [0.1, 0.15) is 0 Å². The zero-order valence-electron chi connectivity index (χ0n) is 33.5. The van der Waals surface area contributed by atoms with Crippen molar-refractivity contribution in [1.82, 2.24) is 0 Å². The summed E-state index contributed by atoms with van der Waals surface area (Å²) in [4.78, 5) is 2.43. The van der Waals surface area contributed by atoms with Gasteiger partial charge in [0.25, 0.3) is 0 Å². The van der Waals surface area contributed by atoms with Gasteiger partial charge in [0, 0.05) is 16.8 Å². The van der Waals surface area contributed by atoms with Gasteiger partial charge in [-0.15, -0.1) is 0 Å². The standard InChI is InChI=1S/C60H39N/c1-2-14-40(15-3-1)44-18-12-19-47(38-44)61(46-33-30-42(31-34-46)58-39-45-17-5-6-20-48(45)50-22-8-9-24-53(50)58)59-37-36-54(52-23-10-11-25-56(52)59)51-26-13-27-57-55(51)35-32-43-29-28-41-16-4-7-21-49(41)60(43)57/h1-39H. The minimum absolute atomic E-state index is 1.10. The molecule has 0 bridgehead atoms. The van der Waals surface area contributed by atoms with Crippen LogP contribution in [-0.4, -0.2) is 0 Å². The second-order valence-corrected chi connectivity index (χ2v) is 16.0. The van der Waals surface area contributed by atoms with Crippen LogP contribution in [-0.2, 0) is 0 Å². The Balaban J connectivity index is 1.05. The van der Waals surface area contributed by atoms with E-state index in [1.165, 1.54) is 98.0 Å². The number of benzene rings is 12. The van der Waals surface area contributed by atoms with Crippen LogP contribution in [0.3, 0.4) is 0 Å². The summed E-state index contributed by atoms with van der Waals surface area (Å²) >= 11 is 0. The normalized spacial score (nSPS) is 11.6. The highest BCUT2D eigenvalue weighted by molar-refractivity contribution is 6.23. The molecule has 0 saturated heterocycles. The van der Waals surface area contributed by atoms with E-state index in [1.54, 1.807) is 0 Å². The molecule has 0 atom stereocenters. The summed E-state index contributed by atoms with van der Waals surface area (Å²) in [5.41, 5.74) is 10.6. The molecule has 0 N–H and O–H groups in total. The summed E-state index contributed by atoms with van der Waals surface area (Å²) < 4.78 is 0. The van der Waals surface area contributed by atoms with Crippen molar-refractivity contribution in [2.75, 3.05) is 4.90 Å². The van der Waals surface area contributed by atoms with Gasteiger partial charge in [0.15, 0.2) is 0 Å². The highest BCUT2D eigenvalue weighted by Gasteiger charge is 2.20. The van der Waals surface area contributed by atoms with Crippen LogP contribution in [0.15, 0.2) is 237 Å². The summed E-state index contributed by atoms with van der Waals surface area (Å²) in [7, 11) is 0. The molecule has 0 aliphatic rings. The fourth-order valence-corrected chi connectivity index (χ4v) is 9.78. The molecule has 0 aromatic heterocycles. The Kier molecular flexibility index (Phi) is 8.25. The van der Waals surface area contributed by atoms with Crippen molar-refractivity contribution in [3.63, 3.8) is 0 Å². The van der Waals surface area contributed by atoms with Gasteiger partial charge in [-0.25, -0.2) is 0 Å². The van der Waals surface area contributed by atoms with Crippen LogP contribution < -0.4 is 4.90 Å². The van der Waals surface area contributed by atoms with E-state index in [-0.39, 0.29) is 0 Å². The van der Waals surface area contributed by atoms with Gasteiger partial charge in [-0.2, -0.15) is 0 Å². The predicted octanol–water partition coefficient (Wildman–Crippen LogP) is 17.1. The van der Waals surface area contributed by atoms with Gasteiger partial charge in [0.1, 0.15) is 0 Å². The number of nitrogens with zero attached hydrogens (tertiary/aromatic N) is 1. The van der Waals surface area contributed by atoms with E-state index in [9.17, 15) is 0 Å². The molecule has 1 nitrogen and oxygen atoms in total. The summed E-state index contributed by atoms with van der Waals surface area (Å²) in [5, 5.41) is 15.1. The number of rotatable bonds is 6. The fourth-order valence-electron chi connectivity index (χ4n) is 9.78. The highest BCUT2D eigenvalue weighted by atomic mass is 15.1. The van der Waals surface area contributed by atoms with E-state index in [0.717, 1.165) is 17.1 Å². The minimum Gasteiger partial charge on any atom is -0.310 e. The monoisotopic (exact) mass is 773 g/mol. The van der Waals surface area contributed by atoms with E-state index in [2.05, 4.69) is 241 Å². The smallest absolute Gasteiger partial charge is 0.0540 e. The van der Waals surface area contributed by atoms with Crippen molar-refractivity contribution in [2.24, 2.45) is 0 Å². The van der Waals surface area contributed by atoms with Gasteiger partial charge < -0.3 is 4.90 Å². The Bertz CT molecular complexity index is 3640. The first kappa shape index (κ1) is 35.0. The average molecular weight is 774 g/mol. The van der Waals surface area contributed by atoms with Gasteiger partial charge in [-0.3, -0.25) is 0 Å². The van der Waals surface area contributed by atoms with E-state index in [1.807, 2.05) is 0 Å². The molecule has 61 heavy (non-hydrogen) atoms. The van der Waals surface area contributed by atoms with Gasteiger partial charge in [0.05, 0.1) is 5.69 Å². The molecular weight excluding hydrogens is 735 g/mol. The number of hydrogen-bond donors (Lipinski definition) is 0. The zero-order valence-corrected chi connectivity index (χ0v) is 33.5. The lowest BCUT2D eigenvalue weighted by atomic mass is 9.90. The topological polar surface area (TPSA) is 3.24 Å². The van der Waals surface area contributed by atoms with E-state index < -0.39 is 0 Å². The van der Waals surface area contributed by atoms with Crippen molar-refractivity contribution < 1.29 is 0 Å². The maximum absolute atomic E-state index is 2.43. The average Bonchev–Trinajstić information content (AvgIpc) is 3.34. The lowest BCUT2D eigenvalue weighted by molar-refractivity contribution is 1.30. The Morgan fingerprint density at radius 3 is 1.62 bits per heavy atom. The number of anilines is 3. The lowest BCUT2D eigenvalue weighted by Crippen LogP contribution is -2.11. The van der Waals surface area contributed by atoms with Gasteiger partial charge in [0.2, 0.25) is 0 Å². The quantitative estimate of drug-likeness (QED) is 0.152. The Morgan fingerprint density at radius 1 is 0.230 bits per heavy atom. The van der Waals surface area contributed by atoms with E-state index in [0.29, 0.717) is 0 Å². The van der Waals surface area contributed by atoms with Crippen molar-refractivity contribution in [3.8, 4) is 33.4 Å². The van der Waals surface area contributed by atoms with Gasteiger partial charge in [-0.1, -0.05) is 200 Å². The molecule has 12 aromatic rings. The second kappa shape index (κ2) is 14.4. The molecule has 12 aromatic carbocycles. The third-order valence-corrected chi connectivity index (χ3v) is 12.6. The minimum atomic E-state index is 1.10. The SMILES string of the molecule is c1ccc(-c2cccc(N(c3ccc(-c4cc5ccccc5c5ccccc45)cc3)c3ccc(-c4cccc5c4ccc4ccc6ccccc6c45)c4ccccc34)c2)cc1. The summed E-state index contributed by atoms with van der Waals surface area (Å²) in [6, 6.07) is 86.8. The Hall–Kier alpha value is -8.00. The molecule has 1 heteroatoms. The van der Waals surface area contributed by atoms with Crippen LogP contribution >= 0.6 is 0 Å². The molecule has 0 saturated carbocycles. The molecule has 0 heterocycles. The van der Waals surface area contributed by atoms with Crippen molar-refractivity contribution in [1.29, 1.82) is 0 Å². The first-order valence-corrected chi connectivity index (χ1v) is 21.1. The fraction of sp³-hybridized carbons (Fsp3) is 0. The van der Waals surface area contributed by atoms with Crippen molar-refractivity contribution in [2.45, 2.75) is 0 Å². The van der Waals surface area contributed by atoms with Crippen LogP contribution in [0.5, 0.6) is 0 Å². The molecule has 0 aliphatic heterocycles. The molecule has 284 valence electrons. The van der Waals surface area contributed by atoms with Crippen LogP contribution in [0.25, 0.3) is 98.0 Å². The highest BCUT2D eigenvalue weighted by Crippen LogP contribution is 2.45. The lowest BCUT2D eigenvalue weighted by Gasteiger charge is -2.28. The van der Waals surface area contributed by atoms with Gasteiger partial charge in [-0.05, 0) is 129 Å². The predicted molar refractivity (Wildman–Crippen MR) is 262 cm³/mol. The van der Waals surface area contributed by atoms with E-state index in [4.69, 9.17) is 0 Å². The maximum atomic E-state index is 2.43. The molecule has 0 aliphatic carbocycles. The molecule has 0 fully saturated rings. The van der Waals surface area contributed by atoms with Crippen molar-refractivity contribution >= 4 is 81.7 Å². The van der Waals surface area contributed by atoms with Gasteiger partial charge >= 0.3 is 0 Å². The summed E-state index contributed by atoms with van der Waals surface area (Å²) in [5.74, 6) is 0. The Morgan fingerprint density at radius 2 is 0.803 bits per heavy atom. The third kappa shape index (κ3) is 5.86.